The zero-order valence-corrected chi connectivity index (χ0v) is 10.9. The van der Waals surface area contributed by atoms with Gasteiger partial charge in [-0.25, -0.2) is 0 Å². The first-order valence-electron chi connectivity index (χ1n) is 2.61. The predicted octanol–water partition coefficient (Wildman–Crippen LogP) is -3.15. The molecule has 0 fully saturated rings. The zero-order chi connectivity index (χ0) is 7.40. The van der Waals surface area contributed by atoms with Crippen molar-refractivity contribution in [3.05, 3.63) is 30.3 Å². The van der Waals surface area contributed by atoms with Crippen LogP contribution in [0.2, 0.25) is 0 Å². The quantitative estimate of drug-likeness (QED) is 0.515. The van der Waals surface area contributed by atoms with Crippen LogP contribution in [0.25, 0.3) is 0 Å². The van der Waals surface area contributed by atoms with Crippen LogP contribution in [0, 0.1) is 0 Å². The van der Waals surface area contributed by atoms with Gasteiger partial charge < -0.3 is 0 Å². The van der Waals surface area contributed by atoms with Gasteiger partial charge in [0.25, 0.3) is 0 Å². The van der Waals surface area contributed by atoms with Gasteiger partial charge in [-0.2, -0.15) is 0 Å². The Bertz CT molecular complexity index is 227. The van der Waals surface area contributed by atoms with E-state index >= 15 is 0 Å². The fourth-order valence-electron chi connectivity index (χ4n) is 0.555. The molecule has 0 aliphatic rings. The molecule has 0 saturated carbocycles. The van der Waals surface area contributed by atoms with Crippen LogP contribution in [0.15, 0.2) is 30.3 Å². The van der Waals surface area contributed by atoms with Gasteiger partial charge >= 0.3 is 114 Å². The van der Waals surface area contributed by atoms with E-state index in [1.165, 1.54) is 0 Å². The van der Waals surface area contributed by atoms with E-state index in [-0.39, 0.29) is 51.4 Å². The van der Waals surface area contributed by atoms with Crippen molar-refractivity contribution in [2.45, 2.75) is 0 Å². The van der Waals surface area contributed by atoms with Crippen molar-refractivity contribution in [1.29, 1.82) is 0 Å². The molecule has 11 heavy (non-hydrogen) atoms. The minimum absolute atomic E-state index is 0. The van der Waals surface area contributed by atoms with Gasteiger partial charge in [0.15, 0.2) is 0 Å². The zero-order valence-electron chi connectivity index (χ0n) is 6.02. The summed E-state index contributed by atoms with van der Waals surface area (Å²) in [4.78, 5) is 0. The van der Waals surface area contributed by atoms with Gasteiger partial charge in [0.1, 0.15) is 0 Å². The molecule has 1 aromatic rings. The van der Waals surface area contributed by atoms with Crippen LogP contribution in [-0.2, 0) is 3.83 Å². The Morgan fingerprint density at radius 3 is 2.27 bits per heavy atom. The molecule has 54 valence electrons. The van der Waals surface area contributed by atoms with E-state index in [0.29, 0.717) is 5.75 Å². The number of hydrogen-bond donors (Lipinski definition) is 0. The maximum atomic E-state index is 10.0. The molecule has 5 heteroatoms. The summed E-state index contributed by atoms with van der Waals surface area (Å²) in [5.41, 5.74) is 0. The third-order valence-electron chi connectivity index (χ3n) is 0.907. The summed E-state index contributed by atoms with van der Waals surface area (Å²) in [6.45, 7) is 0. The number of benzene rings is 1. The molecular formula is C6H5KO3Se. The van der Waals surface area contributed by atoms with Crippen LogP contribution in [0.4, 0.5) is 0 Å². The predicted molar refractivity (Wildman–Crippen MR) is 33.5 cm³/mol. The van der Waals surface area contributed by atoms with Gasteiger partial charge in [-0.05, 0) is 0 Å². The van der Waals surface area contributed by atoms with Gasteiger partial charge in [-0.3, -0.25) is 0 Å². The first-order chi connectivity index (χ1) is 4.79. The third kappa shape index (κ3) is 5.22. The summed E-state index contributed by atoms with van der Waals surface area (Å²) in [5.74, 6) is 0.373. The van der Waals surface area contributed by atoms with Crippen molar-refractivity contribution in [3.8, 4) is 5.75 Å². The Hall–Kier alpha value is 0.936. The van der Waals surface area contributed by atoms with Crippen molar-refractivity contribution < 1.29 is 63.2 Å². The van der Waals surface area contributed by atoms with E-state index in [2.05, 4.69) is 3.82 Å². The van der Waals surface area contributed by atoms with E-state index in [4.69, 9.17) is 0 Å². The molecule has 1 unspecified atom stereocenters. The van der Waals surface area contributed by atoms with Crippen LogP contribution < -0.4 is 59.4 Å². The number of hydrogen-bond acceptors (Lipinski definition) is 3. The molecule has 0 aliphatic heterocycles. The van der Waals surface area contributed by atoms with Gasteiger partial charge in [0.05, 0.1) is 0 Å². The molecule has 0 spiro atoms. The SMILES string of the molecule is O=[Se]([O-])Oc1ccccc1.[K+]. The van der Waals surface area contributed by atoms with Crippen molar-refractivity contribution in [1.82, 2.24) is 0 Å². The van der Waals surface area contributed by atoms with Gasteiger partial charge in [-0.1, -0.05) is 0 Å². The van der Waals surface area contributed by atoms with E-state index in [0.717, 1.165) is 0 Å². The molecule has 0 heterocycles. The first-order valence-corrected chi connectivity index (χ1v) is 4.71. The second kappa shape index (κ2) is 6.45. The first kappa shape index (κ1) is 11.9. The van der Waals surface area contributed by atoms with Gasteiger partial charge in [-0.15, -0.1) is 0 Å². The van der Waals surface area contributed by atoms with Crippen LogP contribution in [0.5, 0.6) is 5.75 Å². The van der Waals surface area contributed by atoms with Crippen LogP contribution in [-0.4, -0.2) is 14.5 Å². The van der Waals surface area contributed by atoms with Crippen LogP contribution >= 0.6 is 0 Å². The fourth-order valence-corrected chi connectivity index (χ4v) is 1.12. The fraction of sp³-hybridized carbons (Fsp3) is 0. The monoisotopic (exact) mass is 244 g/mol. The van der Waals surface area contributed by atoms with E-state index in [9.17, 15) is 8.02 Å². The van der Waals surface area contributed by atoms with E-state index < -0.39 is 14.5 Å². The second-order valence-electron chi connectivity index (χ2n) is 1.60. The van der Waals surface area contributed by atoms with Crippen LogP contribution in [0.3, 0.4) is 0 Å². The number of rotatable bonds is 2. The van der Waals surface area contributed by atoms with Crippen molar-refractivity contribution in [3.63, 3.8) is 0 Å². The molecule has 1 atom stereocenters. The standard InChI is InChI=1S/C6H6O3Se.K/c7-10(8)9-6-4-2-1-3-5-6;/h1-5H,(H,7,8);/q;+1/p-1. The maximum Gasteiger partial charge on any atom is 1.00 e. The third-order valence-corrected chi connectivity index (χ3v) is 1.60. The molecule has 0 amide bonds. The normalized spacial score (nSPS) is 11.4. The summed E-state index contributed by atoms with van der Waals surface area (Å²) in [5, 5.41) is 0. The summed E-state index contributed by atoms with van der Waals surface area (Å²) in [6.07, 6.45) is 0. The Morgan fingerprint density at radius 1 is 1.27 bits per heavy atom. The topological polar surface area (TPSA) is 49.4 Å². The Kier molecular flexibility index (Phi) is 7.00. The molecule has 0 bridgehead atoms. The van der Waals surface area contributed by atoms with Gasteiger partial charge in [0, 0.05) is 0 Å². The van der Waals surface area contributed by atoms with E-state index in [1.54, 1.807) is 30.3 Å². The molecule has 0 aliphatic carbocycles. The number of para-hydroxylation sites is 1. The summed E-state index contributed by atoms with van der Waals surface area (Å²) in [6, 6.07) is 8.39. The van der Waals surface area contributed by atoms with E-state index in [1.807, 2.05) is 0 Å². The molecule has 0 N–H and O–H groups in total. The molecule has 0 saturated heterocycles. The molecule has 1 aromatic carbocycles. The molecule has 0 aromatic heterocycles. The maximum absolute atomic E-state index is 10.0. The van der Waals surface area contributed by atoms with Gasteiger partial charge in [0.2, 0.25) is 0 Å². The summed E-state index contributed by atoms with van der Waals surface area (Å²) in [7, 11) is 0. The molecule has 3 nitrogen and oxygen atoms in total. The summed E-state index contributed by atoms with van der Waals surface area (Å²) >= 11 is -3.28. The largest absolute Gasteiger partial charge is 1.00 e. The van der Waals surface area contributed by atoms with Crippen molar-refractivity contribution >= 4 is 14.5 Å². The smallest absolute Gasteiger partial charge is 1.00 e. The van der Waals surface area contributed by atoms with Crippen molar-refractivity contribution in [2.75, 3.05) is 0 Å². The molecule has 0 radical (unpaired) electrons. The minimum Gasteiger partial charge on any atom is 1.00 e. The minimum atomic E-state index is -3.28. The summed E-state index contributed by atoms with van der Waals surface area (Å²) < 4.78 is 24.5. The Morgan fingerprint density at radius 2 is 1.82 bits per heavy atom. The van der Waals surface area contributed by atoms with Crippen molar-refractivity contribution in [2.24, 2.45) is 0 Å². The van der Waals surface area contributed by atoms with Crippen LogP contribution in [0.1, 0.15) is 0 Å². The average molecular weight is 243 g/mol. The molecule has 1 rings (SSSR count). The molecular weight excluding hydrogens is 238 g/mol. The average Bonchev–Trinajstić information content (AvgIpc) is 1.88. The Labute approximate surface area is 112 Å². The Balaban J connectivity index is 0.000001000. The second-order valence-corrected chi connectivity index (χ2v) is 2.81.